The largest absolute Gasteiger partial charge is 0.527 e. The van der Waals surface area contributed by atoms with Gasteiger partial charge in [-0.05, 0) is 69.3 Å². The predicted molar refractivity (Wildman–Crippen MR) is 122 cm³/mol. The highest BCUT2D eigenvalue weighted by Gasteiger charge is 2.53. The third-order valence-electron chi connectivity index (χ3n) is 5.78. The topological polar surface area (TPSA) is 107 Å². The molecule has 0 aromatic heterocycles. The molecule has 1 saturated heterocycles. The van der Waals surface area contributed by atoms with E-state index in [2.05, 4.69) is 0 Å². The second kappa shape index (κ2) is 9.74. The van der Waals surface area contributed by atoms with E-state index in [4.69, 9.17) is 9.47 Å². The highest BCUT2D eigenvalue weighted by Crippen LogP contribution is 2.33. The number of carboxylic acid groups (broad SMARTS) is 1. The number of likely N-dealkylation sites (tertiary alicyclic amines) is 1. The normalized spacial score (nSPS) is 21.0. The molecule has 8 nitrogen and oxygen atoms in total. The molecular formula is C24H27F3NO7S+. The summed E-state index contributed by atoms with van der Waals surface area (Å²) in [7, 11) is -3.85. The first kappa shape index (κ1) is 27.5. The Morgan fingerprint density at radius 3 is 1.81 bits per heavy atom. The minimum absolute atomic E-state index is 0.0140. The van der Waals surface area contributed by atoms with E-state index >= 15 is 0 Å². The monoisotopic (exact) mass is 530 g/mol. The van der Waals surface area contributed by atoms with Crippen LogP contribution in [0.4, 0.5) is 22.8 Å². The van der Waals surface area contributed by atoms with Gasteiger partial charge in [-0.2, -0.15) is 22.8 Å². The lowest BCUT2D eigenvalue weighted by atomic mass is 10.1. The molecule has 0 unspecified atom stereocenters. The van der Waals surface area contributed by atoms with Crippen LogP contribution >= 0.6 is 0 Å². The van der Waals surface area contributed by atoms with E-state index in [1.54, 1.807) is 20.8 Å². The van der Waals surface area contributed by atoms with Crippen LogP contribution in [0, 0.1) is 0 Å². The van der Waals surface area contributed by atoms with E-state index in [-0.39, 0.29) is 42.3 Å². The molecule has 0 aliphatic carbocycles. The van der Waals surface area contributed by atoms with Crippen molar-refractivity contribution in [3.63, 3.8) is 0 Å². The molecule has 36 heavy (non-hydrogen) atoms. The Hall–Kier alpha value is -3.12. The number of benzene rings is 2. The van der Waals surface area contributed by atoms with Crippen LogP contribution in [0.2, 0.25) is 0 Å². The summed E-state index contributed by atoms with van der Waals surface area (Å²) in [6.45, 7) is 4.38. The molecule has 2 amide bonds. The zero-order valence-electron chi connectivity index (χ0n) is 19.9. The number of alkyl halides is 3. The van der Waals surface area contributed by atoms with Crippen molar-refractivity contribution in [1.82, 2.24) is 0 Å². The third-order valence-corrected chi connectivity index (χ3v) is 8.06. The number of rotatable bonds is 4. The summed E-state index contributed by atoms with van der Waals surface area (Å²) in [6, 6.07) is 9.47. The number of ether oxygens (including phenoxy) is 2. The molecule has 1 N–H and O–H groups in total. The van der Waals surface area contributed by atoms with E-state index in [1.807, 2.05) is 0 Å². The summed E-state index contributed by atoms with van der Waals surface area (Å²) in [5.74, 6) is 0.375. The Bertz CT molecular complexity index is 1210. The molecule has 2 aromatic rings. The van der Waals surface area contributed by atoms with Gasteiger partial charge in [0.1, 0.15) is 30.2 Å². The summed E-state index contributed by atoms with van der Waals surface area (Å²) in [5, 5.41) is 8.82. The summed E-state index contributed by atoms with van der Waals surface area (Å²) in [4.78, 5) is 24.5. The van der Waals surface area contributed by atoms with E-state index in [1.165, 1.54) is 24.3 Å². The van der Waals surface area contributed by atoms with Gasteiger partial charge in [-0.15, -0.1) is 4.48 Å². The van der Waals surface area contributed by atoms with Crippen molar-refractivity contribution in [3.05, 3.63) is 54.1 Å². The molecule has 0 spiro atoms. The van der Waals surface area contributed by atoms with Crippen molar-refractivity contribution in [2.45, 2.75) is 55.5 Å². The van der Waals surface area contributed by atoms with Gasteiger partial charge >= 0.3 is 18.4 Å². The van der Waals surface area contributed by atoms with Crippen LogP contribution < -0.4 is 4.74 Å². The van der Waals surface area contributed by atoms with Crippen molar-refractivity contribution in [2.24, 2.45) is 0 Å². The minimum Gasteiger partial charge on any atom is -0.457 e. The second-order valence-corrected chi connectivity index (χ2v) is 11.7. The maximum Gasteiger partial charge on any atom is 0.527 e. The molecule has 12 heteroatoms. The number of quaternary nitrogens is 1. The average Bonchev–Trinajstić information content (AvgIpc) is 2.78. The van der Waals surface area contributed by atoms with Crippen LogP contribution in [0.3, 0.4) is 0 Å². The minimum atomic E-state index is -4.47. The van der Waals surface area contributed by atoms with Gasteiger partial charge < -0.3 is 14.6 Å². The first-order valence-electron chi connectivity index (χ1n) is 11.1. The third kappa shape index (κ3) is 5.98. The molecule has 1 aliphatic rings. The fourth-order valence-corrected chi connectivity index (χ4v) is 5.57. The summed E-state index contributed by atoms with van der Waals surface area (Å²) < 4.78 is 74.1. The molecule has 0 radical (unpaired) electrons. The quantitative estimate of drug-likeness (QED) is 0.493. The number of amides is 2. The molecular weight excluding hydrogens is 503 g/mol. The lowest BCUT2D eigenvalue weighted by Crippen LogP contribution is -2.62. The van der Waals surface area contributed by atoms with E-state index in [0.29, 0.717) is 0 Å². The number of hydrogen-bond donors (Lipinski definition) is 1. The van der Waals surface area contributed by atoms with Gasteiger partial charge in [-0.25, -0.2) is 8.42 Å². The highest BCUT2D eigenvalue weighted by molar-refractivity contribution is 7.92. The van der Waals surface area contributed by atoms with Crippen LogP contribution in [0.5, 0.6) is 11.5 Å². The summed E-state index contributed by atoms with van der Waals surface area (Å²) in [6.07, 6.45) is -6.92. The number of halogens is 3. The van der Waals surface area contributed by atoms with Crippen LogP contribution in [0.1, 0.15) is 39.2 Å². The average molecular weight is 531 g/mol. The van der Waals surface area contributed by atoms with Crippen molar-refractivity contribution < 1.29 is 50.2 Å². The molecule has 196 valence electrons. The molecule has 3 rings (SSSR count). The molecule has 1 aliphatic heterocycles. The summed E-state index contributed by atoms with van der Waals surface area (Å²) >= 11 is 0. The Morgan fingerprint density at radius 1 is 0.917 bits per heavy atom. The van der Waals surface area contributed by atoms with Crippen LogP contribution in [-0.4, -0.2) is 54.1 Å². The van der Waals surface area contributed by atoms with Gasteiger partial charge in [-0.3, -0.25) is 0 Å². The van der Waals surface area contributed by atoms with Gasteiger partial charge in [0.15, 0.2) is 9.84 Å². The fraction of sp³-hybridized carbons (Fsp3) is 0.417. The first-order chi connectivity index (χ1) is 16.5. The summed E-state index contributed by atoms with van der Waals surface area (Å²) in [5.41, 5.74) is -1.72. The lowest BCUT2D eigenvalue weighted by Gasteiger charge is -2.36. The Morgan fingerprint density at radius 2 is 1.39 bits per heavy atom. The zero-order valence-corrected chi connectivity index (χ0v) is 20.7. The van der Waals surface area contributed by atoms with Gasteiger partial charge in [0.05, 0.1) is 15.7 Å². The van der Waals surface area contributed by atoms with Crippen molar-refractivity contribution in [1.29, 1.82) is 0 Å². The maximum absolute atomic E-state index is 13.1. The molecule has 1 heterocycles. The number of imide groups is 1. The van der Waals surface area contributed by atoms with Crippen LogP contribution in [-0.2, 0) is 20.8 Å². The number of sulfone groups is 1. The first-order valence-corrected chi connectivity index (χ1v) is 12.6. The van der Waals surface area contributed by atoms with Crippen LogP contribution in [0.25, 0.3) is 0 Å². The number of carbonyl (C=O) groups is 2. The van der Waals surface area contributed by atoms with Crippen LogP contribution in [0.15, 0.2) is 53.4 Å². The number of piperidine rings is 1. The fourth-order valence-electron chi connectivity index (χ4n) is 3.83. The predicted octanol–water partition coefficient (Wildman–Crippen LogP) is 5.86. The van der Waals surface area contributed by atoms with Crippen molar-refractivity contribution >= 4 is 22.0 Å². The maximum atomic E-state index is 13.1. The highest BCUT2D eigenvalue weighted by atomic mass is 32.2. The number of hydrogen-bond acceptors (Lipinski definition) is 6. The molecule has 0 saturated carbocycles. The molecule has 2 aromatic carbocycles. The van der Waals surface area contributed by atoms with Gasteiger partial charge in [0, 0.05) is 12.8 Å². The standard InChI is InChI=1S/C24H26F3NO7S/c1-23(2,3)35-22(31)28(21(29)30)14-12-20(13-15-28)36(32,33)19-10-8-18(9-11-19)34-17-6-4-16(5-7-17)24(25,26)27/h4-11,20H,12-15H2,1-3H3/p+1. The van der Waals surface area contributed by atoms with Crippen molar-refractivity contribution in [3.8, 4) is 11.5 Å². The smallest absolute Gasteiger partial charge is 0.457 e. The van der Waals surface area contributed by atoms with Gasteiger partial charge in [-0.1, -0.05) is 0 Å². The number of carbonyl (C=O) groups excluding carboxylic acids is 1. The Balaban J connectivity index is 1.70. The lowest BCUT2D eigenvalue weighted by molar-refractivity contribution is -0.791. The van der Waals surface area contributed by atoms with E-state index in [9.17, 15) is 36.3 Å². The van der Waals surface area contributed by atoms with Crippen molar-refractivity contribution in [2.75, 3.05) is 13.1 Å². The van der Waals surface area contributed by atoms with E-state index in [0.717, 1.165) is 24.3 Å². The Kier molecular flexibility index (Phi) is 7.43. The Labute approximate surface area is 206 Å². The number of nitrogens with zero attached hydrogens (tertiary/aromatic N) is 1. The SMILES string of the molecule is CC(C)(C)OC(=O)[N+]1(C(=O)O)CCC(S(=O)(=O)c2ccc(Oc3ccc(C(F)(F)F)cc3)cc2)CC1. The van der Waals surface area contributed by atoms with Gasteiger partial charge in [0.2, 0.25) is 0 Å². The molecule has 0 bridgehead atoms. The van der Waals surface area contributed by atoms with E-state index < -0.39 is 49.1 Å². The molecule has 1 fully saturated rings. The zero-order chi connectivity index (χ0) is 26.9. The molecule has 0 atom stereocenters. The second-order valence-electron chi connectivity index (χ2n) is 9.52. The van der Waals surface area contributed by atoms with Gasteiger partial charge in [0.25, 0.3) is 0 Å².